The third kappa shape index (κ3) is 4.18. The second kappa shape index (κ2) is 7.67. The Bertz CT molecular complexity index is 1050. The lowest BCUT2D eigenvalue weighted by Crippen LogP contribution is -2.13. The number of amides is 2. The molecule has 8 heteroatoms. The van der Waals surface area contributed by atoms with Crippen LogP contribution in [0.4, 0.5) is 26.2 Å². The number of hydrogen-bond acceptors (Lipinski definition) is 4. The van der Waals surface area contributed by atoms with Gasteiger partial charge in [0.2, 0.25) is 0 Å². The highest BCUT2D eigenvalue weighted by Gasteiger charge is 2.11. The summed E-state index contributed by atoms with van der Waals surface area (Å²) in [4.78, 5) is 23.1. The van der Waals surface area contributed by atoms with Gasteiger partial charge in [0, 0.05) is 11.3 Å². The zero-order valence-electron chi connectivity index (χ0n) is 14.4. The molecular formula is C20H16FN3O4. The summed E-state index contributed by atoms with van der Waals surface area (Å²) >= 11 is 0. The Balaban J connectivity index is 1.82. The van der Waals surface area contributed by atoms with Crippen molar-refractivity contribution in [1.29, 1.82) is 0 Å². The van der Waals surface area contributed by atoms with Crippen molar-refractivity contribution >= 4 is 29.1 Å². The number of phenols is 1. The van der Waals surface area contributed by atoms with Crippen molar-refractivity contribution in [2.24, 2.45) is 0 Å². The maximum absolute atomic E-state index is 13.6. The summed E-state index contributed by atoms with van der Waals surface area (Å²) in [5.74, 6) is -1.65. The predicted molar refractivity (Wildman–Crippen MR) is 104 cm³/mol. The van der Waals surface area contributed by atoms with Crippen LogP contribution in [-0.2, 0) is 0 Å². The number of aromatic hydroxyl groups is 1. The third-order valence-electron chi connectivity index (χ3n) is 3.98. The zero-order chi connectivity index (χ0) is 20.3. The Morgan fingerprint density at radius 1 is 0.893 bits per heavy atom. The number of rotatable bonds is 4. The Morgan fingerprint density at radius 2 is 1.54 bits per heavy atom. The minimum Gasteiger partial charge on any atom is -0.505 e. The van der Waals surface area contributed by atoms with Crippen molar-refractivity contribution in [3.63, 3.8) is 0 Å². The van der Waals surface area contributed by atoms with Gasteiger partial charge in [-0.15, -0.1) is 0 Å². The Hall–Kier alpha value is -4.07. The molecule has 0 saturated carbocycles. The van der Waals surface area contributed by atoms with Gasteiger partial charge in [-0.05, 0) is 59.7 Å². The molecule has 0 aliphatic rings. The molecule has 0 aliphatic heterocycles. The second-order valence-electron chi connectivity index (χ2n) is 5.93. The van der Waals surface area contributed by atoms with Gasteiger partial charge in [-0.2, -0.15) is 0 Å². The van der Waals surface area contributed by atoms with Gasteiger partial charge in [-0.25, -0.2) is 9.18 Å². The van der Waals surface area contributed by atoms with Gasteiger partial charge in [0.25, 0.3) is 5.91 Å². The molecule has 0 saturated heterocycles. The molecule has 0 atom stereocenters. The monoisotopic (exact) mass is 381 g/mol. The number of nitrogens with two attached hydrogens (primary N) is 1. The van der Waals surface area contributed by atoms with Gasteiger partial charge in [0.1, 0.15) is 0 Å². The molecule has 0 aromatic heterocycles. The van der Waals surface area contributed by atoms with E-state index in [1.807, 2.05) is 0 Å². The number of nitrogens with one attached hydrogen (secondary N) is 2. The number of carboxylic acid groups (broad SMARTS) is 1. The summed E-state index contributed by atoms with van der Waals surface area (Å²) in [6.07, 6.45) is -1.20. The van der Waals surface area contributed by atoms with E-state index in [1.165, 1.54) is 36.4 Å². The van der Waals surface area contributed by atoms with Gasteiger partial charge >= 0.3 is 6.09 Å². The second-order valence-corrected chi connectivity index (χ2v) is 5.93. The quantitative estimate of drug-likeness (QED) is 0.435. The first-order chi connectivity index (χ1) is 13.3. The van der Waals surface area contributed by atoms with Crippen molar-refractivity contribution in [2.45, 2.75) is 0 Å². The molecule has 142 valence electrons. The summed E-state index contributed by atoms with van der Waals surface area (Å²) in [6.45, 7) is 0. The van der Waals surface area contributed by atoms with Crippen LogP contribution in [0.2, 0.25) is 0 Å². The lowest BCUT2D eigenvalue weighted by atomic mass is 10.0. The molecule has 7 nitrogen and oxygen atoms in total. The van der Waals surface area contributed by atoms with Gasteiger partial charge in [0.05, 0.1) is 11.4 Å². The molecule has 2 amide bonds. The van der Waals surface area contributed by atoms with Gasteiger partial charge in [-0.3, -0.25) is 10.1 Å². The standard InChI is InChI=1S/C20H16FN3O4/c21-15-9-12(4-8-18(15)25)13-3-7-16(22)17(10-13)24-19(26)11-1-5-14(6-2-11)23-20(27)28/h1-10,23,25H,22H2,(H,24,26)(H,27,28). The molecule has 0 spiro atoms. The van der Waals surface area contributed by atoms with Crippen LogP contribution in [-0.4, -0.2) is 22.2 Å². The van der Waals surface area contributed by atoms with E-state index in [4.69, 9.17) is 10.8 Å². The summed E-state index contributed by atoms with van der Waals surface area (Å²) in [5.41, 5.74) is 8.33. The zero-order valence-corrected chi connectivity index (χ0v) is 14.4. The average molecular weight is 381 g/mol. The van der Waals surface area contributed by atoms with E-state index in [1.54, 1.807) is 24.3 Å². The first-order valence-electron chi connectivity index (χ1n) is 8.13. The SMILES string of the molecule is Nc1ccc(-c2ccc(O)c(F)c2)cc1NC(=O)c1ccc(NC(=O)O)cc1. The number of benzene rings is 3. The van der Waals surface area contributed by atoms with Crippen LogP contribution in [0.1, 0.15) is 10.4 Å². The Labute approximate surface area is 159 Å². The normalized spacial score (nSPS) is 10.3. The molecule has 0 aliphatic carbocycles. The minimum absolute atomic E-state index is 0.302. The maximum atomic E-state index is 13.6. The summed E-state index contributed by atoms with van der Waals surface area (Å²) in [5, 5.41) is 22.9. The van der Waals surface area contributed by atoms with E-state index in [0.717, 1.165) is 0 Å². The van der Waals surface area contributed by atoms with Crippen molar-refractivity contribution in [3.8, 4) is 16.9 Å². The summed E-state index contributed by atoms with van der Waals surface area (Å²) in [6, 6.07) is 14.7. The van der Waals surface area contributed by atoms with E-state index in [2.05, 4.69) is 10.6 Å². The molecule has 3 aromatic carbocycles. The predicted octanol–water partition coefficient (Wildman–Crippen LogP) is 4.12. The molecule has 6 N–H and O–H groups in total. The number of hydrogen-bond donors (Lipinski definition) is 5. The van der Waals surface area contributed by atoms with Crippen LogP contribution >= 0.6 is 0 Å². The molecule has 3 aromatic rings. The Kier molecular flexibility index (Phi) is 5.12. The highest BCUT2D eigenvalue weighted by molar-refractivity contribution is 6.06. The first-order valence-corrected chi connectivity index (χ1v) is 8.13. The number of carbonyl (C=O) groups excluding carboxylic acids is 1. The number of halogens is 1. The van der Waals surface area contributed by atoms with E-state index in [-0.39, 0.29) is 0 Å². The molecule has 0 fully saturated rings. The van der Waals surface area contributed by atoms with Gasteiger partial charge < -0.3 is 21.3 Å². The van der Waals surface area contributed by atoms with Crippen molar-refractivity contribution < 1.29 is 24.2 Å². The molecule has 28 heavy (non-hydrogen) atoms. The third-order valence-corrected chi connectivity index (χ3v) is 3.98. The number of nitrogen functional groups attached to an aromatic ring is 1. The lowest BCUT2D eigenvalue weighted by Gasteiger charge is -2.11. The van der Waals surface area contributed by atoms with Crippen LogP contribution in [0.5, 0.6) is 5.75 Å². The van der Waals surface area contributed by atoms with E-state index < -0.39 is 23.6 Å². The number of anilines is 3. The fourth-order valence-electron chi connectivity index (χ4n) is 2.55. The van der Waals surface area contributed by atoms with Crippen molar-refractivity contribution in [2.75, 3.05) is 16.4 Å². The van der Waals surface area contributed by atoms with Crippen LogP contribution in [0.3, 0.4) is 0 Å². The van der Waals surface area contributed by atoms with Gasteiger partial charge in [0.15, 0.2) is 11.6 Å². The molecular weight excluding hydrogens is 365 g/mol. The van der Waals surface area contributed by atoms with Crippen LogP contribution < -0.4 is 16.4 Å². The van der Waals surface area contributed by atoms with Crippen molar-refractivity contribution in [1.82, 2.24) is 0 Å². The molecule has 0 heterocycles. The first kappa shape index (κ1) is 18.7. The summed E-state index contributed by atoms with van der Waals surface area (Å²) in [7, 11) is 0. The molecule has 0 radical (unpaired) electrons. The van der Waals surface area contributed by atoms with Crippen LogP contribution in [0.15, 0.2) is 60.7 Å². The number of phenolic OH excluding ortho intramolecular Hbond substituents is 1. The largest absolute Gasteiger partial charge is 0.505 e. The number of carbonyl (C=O) groups is 2. The smallest absolute Gasteiger partial charge is 0.409 e. The topological polar surface area (TPSA) is 125 Å². The molecule has 0 unspecified atom stereocenters. The Morgan fingerprint density at radius 3 is 2.18 bits per heavy atom. The fourth-order valence-corrected chi connectivity index (χ4v) is 2.55. The van der Waals surface area contributed by atoms with Gasteiger partial charge in [-0.1, -0.05) is 12.1 Å². The molecule has 3 rings (SSSR count). The van der Waals surface area contributed by atoms with Crippen LogP contribution in [0.25, 0.3) is 11.1 Å². The minimum atomic E-state index is -1.20. The average Bonchev–Trinajstić information content (AvgIpc) is 2.66. The highest BCUT2D eigenvalue weighted by Crippen LogP contribution is 2.30. The fraction of sp³-hybridized carbons (Fsp3) is 0. The van der Waals surface area contributed by atoms with E-state index in [0.29, 0.717) is 33.8 Å². The maximum Gasteiger partial charge on any atom is 0.409 e. The lowest BCUT2D eigenvalue weighted by molar-refractivity contribution is 0.102. The van der Waals surface area contributed by atoms with Crippen molar-refractivity contribution in [3.05, 3.63) is 72.0 Å². The summed E-state index contributed by atoms with van der Waals surface area (Å²) < 4.78 is 13.6. The van der Waals surface area contributed by atoms with Crippen LogP contribution in [0, 0.1) is 5.82 Å². The molecule has 0 bridgehead atoms. The van der Waals surface area contributed by atoms with E-state index >= 15 is 0 Å². The highest BCUT2D eigenvalue weighted by atomic mass is 19.1. The van der Waals surface area contributed by atoms with E-state index in [9.17, 15) is 19.1 Å².